The fourth-order valence-corrected chi connectivity index (χ4v) is 1.45. The summed E-state index contributed by atoms with van der Waals surface area (Å²) in [5, 5.41) is 22.2. The van der Waals surface area contributed by atoms with Crippen molar-refractivity contribution in [3.8, 4) is 0 Å². The molecule has 1 aromatic rings. The summed E-state index contributed by atoms with van der Waals surface area (Å²) >= 11 is 11.6. The number of halogens is 2. The van der Waals surface area contributed by atoms with E-state index in [4.69, 9.17) is 33.4 Å². The molecule has 4 N–H and O–H groups in total. The van der Waals surface area contributed by atoms with Gasteiger partial charge in [-0.25, -0.2) is 9.59 Å². The number of aliphatic carboxylic acids is 1. The van der Waals surface area contributed by atoms with Crippen LogP contribution in [0.3, 0.4) is 0 Å². The molecular weight excluding hydrogens is 283 g/mol. The number of carbonyl (C=O) groups is 2. The van der Waals surface area contributed by atoms with Gasteiger partial charge in [0.25, 0.3) is 0 Å². The highest BCUT2D eigenvalue weighted by Gasteiger charge is 2.19. The minimum Gasteiger partial charge on any atom is -0.480 e. The Bertz CT molecular complexity index is 467. The van der Waals surface area contributed by atoms with E-state index >= 15 is 0 Å². The van der Waals surface area contributed by atoms with E-state index in [0.29, 0.717) is 0 Å². The van der Waals surface area contributed by atoms with Crippen molar-refractivity contribution in [2.75, 3.05) is 11.9 Å². The fourth-order valence-electron chi connectivity index (χ4n) is 1.10. The van der Waals surface area contributed by atoms with E-state index in [9.17, 15) is 9.59 Å². The lowest BCUT2D eigenvalue weighted by Crippen LogP contribution is -2.45. The maximum atomic E-state index is 11.5. The Hall–Kier alpha value is -1.50. The Morgan fingerprint density at radius 1 is 1.33 bits per heavy atom. The van der Waals surface area contributed by atoms with Gasteiger partial charge in [0.05, 0.1) is 22.3 Å². The van der Waals surface area contributed by atoms with Crippen molar-refractivity contribution < 1.29 is 19.8 Å². The van der Waals surface area contributed by atoms with Gasteiger partial charge in [-0.1, -0.05) is 29.3 Å². The van der Waals surface area contributed by atoms with Crippen LogP contribution in [0.1, 0.15) is 0 Å². The van der Waals surface area contributed by atoms with E-state index in [-0.39, 0.29) is 15.7 Å². The molecule has 98 valence electrons. The van der Waals surface area contributed by atoms with Crippen LogP contribution < -0.4 is 10.6 Å². The van der Waals surface area contributed by atoms with Crippen LogP contribution in [0, 0.1) is 0 Å². The average Bonchev–Trinajstić information content (AvgIpc) is 2.31. The van der Waals surface area contributed by atoms with Crippen LogP contribution in [-0.4, -0.2) is 34.9 Å². The number of amides is 2. The Labute approximate surface area is 113 Å². The second kappa shape index (κ2) is 6.44. The van der Waals surface area contributed by atoms with E-state index in [1.165, 1.54) is 6.07 Å². The van der Waals surface area contributed by atoms with Gasteiger partial charge in [0, 0.05) is 0 Å². The number of aliphatic hydroxyl groups is 1. The maximum Gasteiger partial charge on any atom is 0.328 e. The molecule has 2 amide bonds. The molecule has 0 spiro atoms. The minimum absolute atomic E-state index is 0.144. The van der Waals surface area contributed by atoms with Crippen molar-refractivity contribution in [3.63, 3.8) is 0 Å². The molecule has 0 saturated heterocycles. The predicted molar refractivity (Wildman–Crippen MR) is 67.1 cm³/mol. The van der Waals surface area contributed by atoms with Gasteiger partial charge in [-0.2, -0.15) is 0 Å². The van der Waals surface area contributed by atoms with Crippen LogP contribution in [0.15, 0.2) is 18.2 Å². The Kier molecular flexibility index (Phi) is 5.21. The maximum absolute atomic E-state index is 11.5. The quantitative estimate of drug-likeness (QED) is 0.677. The van der Waals surface area contributed by atoms with Crippen LogP contribution in [-0.2, 0) is 4.79 Å². The van der Waals surface area contributed by atoms with E-state index in [1.807, 2.05) is 0 Å². The standard InChI is InChI=1S/C10H10Cl2N2O4/c11-5-2-1-3-6(8(5)12)13-10(18)14-7(4-15)9(16)17/h1-3,7,15H,4H2,(H,16,17)(H2,13,14,18)/t7-/m0/s1. The van der Waals surface area contributed by atoms with Gasteiger partial charge in [-0.15, -0.1) is 0 Å². The normalized spacial score (nSPS) is 11.7. The van der Waals surface area contributed by atoms with Gasteiger partial charge in [0.1, 0.15) is 0 Å². The topological polar surface area (TPSA) is 98.7 Å². The largest absolute Gasteiger partial charge is 0.480 e. The third kappa shape index (κ3) is 3.76. The summed E-state index contributed by atoms with van der Waals surface area (Å²) in [6.07, 6.45) is 0. The molecule has 0 fully saturated rings. The van der Waals surface area contributed by atoms with Crippen molar-refractivity contribution in [2.24, 2.45) is 0 Å². The van der Waals surface area contributed by atoms with Gasteiger partial charge in [0.2, 0.25) is 0 Å². The van der Waals surface area contributed by atoms with E-state index in [1.54, 1.807) is 12.1 Å². The number of urea groups is 1. The lowest BCUT2D eigenvalue weighted by Gasteiger charge is -2.13. The zero-order valence-electron chi connectivity index (χ0n) is 8.98. The molecule has 0 saturated carbocycles. The number of aliphatic hydroxyl groups excluding tert-OH is 1. The number of hydrogen-bond acceptors (Lipinski definition) is 3. The van der Waals surface area contributed by atoms with Crippen LogP contribution in [0.4, 0.5) is 10.5 Å². The highest BCUT2D eigenvalue weighted by atomic mass is 35.5. The monoisotopic (exact) mass is 292 g/mol. The highest BCUT2D eigenvalue weighted by Crippen LogP contribution is 2.29. The van der Waals surface area contributed by atoms with E-state index in [0.717, 1.165) is 0 Å². The molecular formula is C10H10Cl2N2O4. The first-order valence-electron chi connectivity index (χ1n) is 4.81. The molecule has 0 bridgehead atoms. The van der Waals surface area contributed by atoms with Crippen molar-refractivity contribution in [1.29, 1.82) is 0 Å². The van der Waals surface area contributed by atoms with Crippen LogP contribution >= 0.6 is 23.2 Å². The first-order chi connectivity index (χ1) is 8.45. The SMILES string of the molecule is O=C(Nc1cccc(Cl)c1Cl)N[C@@H](CO)C(=O)O. The number of carboxylic acids is 1. The molecule has 0 aliphatic carbocycles. The molecule has 8 heteroatoms. The van der Waals surface area contributed by atoms with Gasteiger partial charge in [-0.3, -0.25) is 0 Å². The Balaban J connectivity index is 2.70. The van der Waals surface area contributed by atoms with Crippen molar-refractivity contribution in [2.45, 2.75) is 6.04 Å². The second-order valence-corrected chi connectivity index (χ2v) is 4.06. The van der Waals surface area contributed by atoms with Gasteiger partial charge < -0.3 is 20.8 Å². The van der Waals surface area contributed by atoms with Crippen LogP contribution in [0.5, 0.6) is 0 Å². The van der Waals surface area contributed by atoms with Gasteiger partial charge in [0.15, 0.2) is 6.04 Å². The number of carbonyl (C=O) groups excluding carboxylic acids is 1. The summed E-state index contributed by atoms with van der Waals surface area (Å²) in [6, 6.07) is 2.43. The smallest absolute Gasteiger partial charge is 0.328 e. The second-order valence-electron chi connectivity index (χ2n) is 3.27. The Morgan fingerprint density at radius 3 is 2.56 bits per heavy atom. The first kappa shape index (κ1) is 14.6. The summed E-state index contributed by atoms with van der Waals surface area (Å²) in [7, 11) is 0. The summed E-state index contributed by atoms with van der Waals surface area (Å²) in [5.74, 6) is -1.34. The lowest BCUT2D eigenvalue weighted by molar-refractivity contribution is -0.140. The number of benzene rings is 1. The molecule has 0 unspecified atom stereocenters. The number of anilines is 1. The minimum atomic E-state index is -1.39. The first-order valence-corrected chi connectivity index (χ1v) is 5.56. The molecule has 6 nitrogen and oxygen atoms in total. The summed E-state index contributed by atoms with van der Waals surface area (Å²) in [5.41, 5.74) is 0.240. The summed E-state index contributed by atoms with van der Waals surface area (Å²) in [4.78, 5) is 22.0. The van der Waals surface area contributed by atoms with E-state index in [2.05, 4.69) is 10.6 Å². The molecule has 18 heavy (non-hydrogen) atoms. The molecule has 0 heterocycles. The zero-order chi connectivity index (χ0) is 13.7. The molecule has 0 aromatic heterocycles. The van der Waals surface area contributed by atoms with E-state index < -0.39 is 24.6 Å². The van der Waals surface area contributed by atoms with Crippen molar-refractivity contribution >= 4 is 40.9 Å². The molecule has 1 rings (SSSR count). The van der Waals surface area contributed by atoms with Crippen molar-refractivity contribution in [3.05, 3.63) is 28.2 Å². The van der Waals surface area contributed by atoms with Crippen LogP contribution in [0.25, 0.3) is 0 Å². The zero-order valence-corrected chi connectivity index (χ0v) is 10.5. The predicted octanol–water partition coefficient (Wildman–Crippen LogP) is 1.56. The molecule has 1 aromatic carbocycles. The number of nitrogens with one attached hydrogen (secondary N) is 2. The summed E-state index contributed by atoms with van der Waals surface area (Å²) in [6.45, 7) is -0.716. The third-order valence-electron chi connectivity index (χ3n) is 1.99. The lowest BCUT2D eigenvalue weighted by atomic mass is 10.3. The molecule has 1 atom stereocenters. The van der Waals surface area contributed by atoms with Crippen LogP contribution in [0.2, 0.25) is 10.0 Å². The highest BCUT2D eigenvalue weighted by molar-refractivity contribution is 6.43. The van der Waals surface area contributed by atoms with Gasteiger partial charge >= 0.3 is 12.0 Å². The molecule has 0 radical (unpaired) electrons. The molecule has 0 aliphatic rings. The number of hydrogen-bond donors (Lipinski definition) is 4. The van der Waals surface area contributed by atoms with Gasteiger partial charge in [-0.05, 0) is 12.1 Å². The van der Waals surface area contributed by atoms with Crippen molar-refractivity contribution in [1.82, 2.24) is 5.32 Å². The fraction of sp³-hybridized carbons (Fsp3) is 0.200. The molecule has 0 aliphatic heterocycles. The summed E-state index contributed by atoms with van der Waals surface area (Å²) < 4.78 is 0. The average molecular weight is 293 g/mol. The Morgan fingerprint density at radius 2 is 2.00 bits per heavy atom. The number of rotatable bonds is 4. The third-order valence-corrected chi connectivity index (χ3v) is 2.80. The number of carboxylic acid groups (broad SMARTS) is 1.